The number of rotatable bonds is 0. The Hall–Kier alpha value is -0.660. The summed E-state index contributed by atoms with van der Waals surface area (Å²) in [4.78, 5) is 27.6. The molecule has 2 nitrogen and oxygen atoms in total. The fourth-order valence-electron chi connectivity index (χ4n) is 11.4. The van der Waals surface area contributed by atoms with Crippen molar-refractivity contribution in [1.29, 1.82) is 0 Å². The maximum Gasteiger partial charge on any atom is 0.139 e. The molecule has 0 aromatic carbocycles. The van der Waals surface area contributed by atoms with Crippen LogP contribution >= 0.6 is 0 Å². The van der Waals surface area contributed by atoms with Crippen LogP contribution in [0.3, 0.4) is 0 Å². The standard InChI is InChI=1S/C28H40O2/c29-27-20-11-5-1-7-15(20)19-13-14-22-23(26(19)27)16-8-2-3-9-17(16)25-24(22)18-10-4-6-12-21(18)28(25)30/h15-26H,1-14H2. The van der Waals surface area contributed by atoms with Crippen molar-refractivity contribution in [3.8, 4) is 0 Å². The molecule has 0 radical (unpaired) electrons. The van der Waals surface area contributed by atoms with Crippen LogP contribution < -0.4 is 0 Å². The van der Waals surface area contributed by atoms with Crippen molar-refractivity contribution in [2.75, 3.05) is 0 Å². The van der Waals surface area contributed by atoms with Gasteiger partial charge in [-0.1, -0.05) is 38.5 Å². The molecule has 0 aliphatic heterocycles. The number of carbonyl (C=O) groups is 2. The van der Waals surface area contributed by atoms with E-state index in [0.29, 0.717) is 76.7 Å². The lowest BCUT2D eigenvalue weighted by atomic mass is 9.46. The summed E-state index contributed by atoms with van der Waals surface area (Å²) in [5.74, 6) is 8.48. The molecule has 0 spiro atoms. The zero-order chi connectivity index (χ0) is 20.0. The first-order valence-corrected chi connectivity index (χ1v) is 13.8. The molecule has 30 heavy (non-hydrogen) atoms. The van der Waals surface area contributed by atoms with E-state index < -0.39 is 0 Å². The molecule has 7 fully saturated rings. The summed E-state index contributed by atoms with van der Waals surface area (Å²) in [5.41, 5.74) is 0. The molecule has 0 N–H and O–H groups in total. The van der Waals surface area contributed by atoms with Crippen LogP contribution in [0.15, 0.2) is 0 Å². The minimum absolute atomic E-state index is 0.389. The van der Waals surface area contributed by atoms with Crippen LogP contribution in [0.2, 0.25) is 0 Å². The van der Waals surface area contributed by atoms with Crippen LogP contribution in [0.5, 0.6) is 0 Å². The third-order valence-electron chi connectivity index (χ3n) is 12.0. The molecule has 164 valence electrons. The monoisotopic (exact) mass is 408 g/mol. The van der Waals surface area contributed by atoms with Gasteiger partial charge < -0.3 is 0 Å². The van der Waals surface area contributed by atoms with Gasteiger partial charge in [-0.15, -0.1) is 0 Å². The van der Waals surface area contributed by atoms with Crippen LogP contribution in [0, 0.1) is 71.0 Å². The number of Topliss-reactive ketones (excluding diaryl/α,β-unsaturated/α-hetero) is 2. The van der Waals surface area contributed by atoms with E-state index in [1.54, 1.807) is 0 Å². The Morgan fingerprint density at radius 2 is 0.833 bits per heavy atom. The molecule has 12 atom stereocenters. The maximum atomic E-state index is 13.9. The molecule has 2 heteroatoms. The number of hydrogen-bond donors (Lipinski definition) is 0. The summed E-state index contributed by atoms with van der Waals surface area (Å²) in [6.45, 7) is 0. The summed E-state index contributed by atoms with van der Waals surface area (Å²) < 4.78 is 0. The lowest BCUT2D eigenvalue weighted by Gasteiger charge is -2.57. The first kappa shape index (κ1) is 18.9. The highest BCUT2D eigenvalue weighted by atomic mass is 16.1. The Morgan fingerprint density at radius 3 is 1.53 bits per heavy atom. The summed E-state index contributed by atoms with van der Waals surface area (Å²) in [5, 5.41) is 0. The normalized spacial score (nSPS) is 56.9. The Kier molecular flexibility index (Phi) is 4.35. The lowest BCUT2D eigenvalue weighted by Crippen LogP contribution is -2.54. The quantitative estimate of drug-likeness (QED) is 0.487. The molecule has 7 rings (SSSR count). The largest absolute Gasteiger partial charge is 0.299 e. The van der Waals surface area contributed by atoms with Crippen molar-refractivity contribution >= 4 is 11.6 Å². The van der Waals surface area contributed by atoms with Crippen molar-refractivity contribution in [2.45, 2.75) is 89.9 Å². The van der Waals surface area contributed by atoms with Gasteiger partial charge in [0.25, 0.3) is 0 Å². The van der Waals surface area contributed by atoms with E-state index in [0.717, 1.165) is 5.92 Å². The first-order valence-electron chi connectivity index (χ1n) is 13.8. The Balaban J connectivity index is 1.31. The van der Waals surface area contributed by atoms with Gasteiger partial charge in [0.05, 0.1) is 0 Å². The smallest absolute Gasteiger partial charge is 0.139 e. The summed E-state index contributed by atoms with van der Waals surface area (Å²) >= 11 is 0. The highest BCUT2D eigenvalue weighted by molar-refractivity contribution is 5.88. The Labute approximate surface area is 182 Å². The Bertz CT molecular complexity index is 741. The average molecular weight is 409 g/mol. The molecule has 7 aliphatic carbocycles. The second kappa shape index (κ2) is 6.92. The third-order valence-corrected chi connectivity index (χ3v) is 12.0. The van der Waals surface area contributed by atoms with Crippen molar-refractivity contribution in [3.05, 3.63) is 0 Å². The third kappa shape index (κ3) is 2.38. The van der Waals surface area contributed by atoms with Gasteiger partial charge in [0.2, 0.25) is 0 Å². The van der Waals surface area contributed by atoms with Crippen LogP contribution in [-0.4, -0.2) is 11.6 Å². The fourth-order valence-corrected chi connectivity index (χ4v) is 11.4. The lowest BCUT2D eigenvalue weighted by molar-refractivity contribution is -0.144. The summed E-state index contributed by atoms with van der Waals surface area (Å²) in [6, 6.07) is 0. The van der Waals surface area contributed by atoms with Crippen molar-refractivity contribution in [1.82, 2.24) is 0 Å². The molecule has 0 aromatic rings. The summed E-state index contributed by atoms with van der Waals surface area (Å²) in [7, 11) is 0. The summed E-state index contributed by atoms with van der Waals surface area (Å²) in [6.07, 6.45) is 18.2. The molecule has 12 unspecified atom stereocenters. The van der Waals surface area contributed by atoms with Crippen molar-refractivity contribution in [2.24, 2.45) is 71.0 Å². The van der Waals surface area contributed by atoms with Crippen LogP contribution in [0.4, 0.5) is 0 Å². The van der Waals surface area contributed by atoms with Crippen LogP contribution in [0.25, 0.3) is 0 Å². The molecule has 0 amide bonds. The predicted molar refractivity (Wildman–Crippen MR) is 117 cm³/mol. The van der Waals surface area contributed by atoms with Gasteiger partial charge in [-0.25, -0.2) is 0 Å². The van der Waals surface area contributed by atoms with Gasteiger partial charge in [0.1, 0.15) is 11.6 Å². The highest BCUT2D eigenvalue weighted by Crippen LogP contribution is 2.68. The predicted octanol–water partition coefficient (Wildman–Crippen LogP) is 6.08. The highest BCUT2D eigenvalue weighted by Gasteiger charge is 2.66. The second-order valence-corrected chi connectivity index (χ2v) is 12.6. The molecule has 0 saturated heterocycles. The molecule has 7 saturated carbocycles. The minimum Gasteiger partial charge on any atom is -0.299 e. The van der Waals surface area contributed by atoms with Gasteiger partial charge in [0.15, 0.2) is 0 Å². The van der Waals surface area contributed by atoms with Crippen molar-refractivity contribution in [3.63, 3.8) is 0 Å². The number of ketones is 2. The second-order valence-electron chi connectivity index (χ2n) is 12.6. The van der Waals surface area contributed by atoms with Crippen LogP contribution in [-0.2, 0) is 9.59 Å². The van der Waals surface area contributed by atoms with Crippen molar-refractivity contribution < 1.29 is 9.59 Å². The average Bonchev–Trinajstić information content (AvgIpc) is 3.27. The number of carbonyl (C=O) groups excluding carboxylic acids is 2. The molecular weight excluding hydrogens is 368 g/mol. The van der Waals surface area contributed by atoms with E-state index in [1.165, 1.54) is 89.9 Å². The maximum absolute atomic E-state index is 13.9. The SMILES string of the molecule is O=C1C2CCCCC2C2C3CCC4C5CCCCC5C(=O)C4C3C3CCCCC3C12. The van der Waals surface area contributed by atoms with E-state index in [2.05, 4.69) is 0 Å². The van der Waals surface area contributed by atoms with E-state index >= 15 is 0 Å². The molecule has 7 aliphatic rings. The van der Waals surface area contributed by atoms with Gasteiger partial charge in [-0.2, -0.15) is 0 Å². The topological polar surface area (TPSA) is 34.1 Å². The number of hydrogen-bond acceptors (Lipinski definition) is 2. The van der Waals surface area contributed by atoms with E-state index in [-0.39, 0.29) is 0 Å². The van der Waals surface area contributed by atoms with Gasteiger partial charge >= 0.3 is 0 Å². The van der Waals surface area contributed by atoms with Gasteiger partial charge in [-0.05, 0) is 98.7 Å². The molecule has 0 bridgehead atoms. The zero-order valence-corrected chi connectivity index (χ0v) is 18.6. The van der Waals surface area contributed by atoms with Gasteiger partial charge in [0, 0.05) is 23.7 Å². The first-order chi connectivity index (χ1) is 14.8. The zero-order valence-electron chi connectivity index (χ0n) is 18.6. The number of fused-ring (bicyclic) bond motifs is 12. The molecule has 0 aromatic heterocycles. The molecule has 0 heterocycles. The Morgan fingerprint density at radius 1 is 0.400 bits per heavy atom. The van der Waals surface area contributed by atoms with Crippen LogP contribution in [0.1, 0.15) is 89.9 Å². The fraction of sp³-hybridized carbons (Fsp3) is 0.929. The minimum atomic E-state index is 0.389. The van der Waals surface area contributed by atoms with E-state index in [4.69, 9.17) is 0 Å². The van der Waals surface area contributed by atoms with E-state index in [9.17, 15) is 9.59 Å². The van der Waals surface area contributed by atoms with E-state index in [1.807, 2.05) is 0 Å². The molecular formula is C28H40O2. The van der Waals surface area contributed by atoms with Gasteiger partial charge in [-0.3, -0.25) is 9.59 Å².